The second kappa shape index (κ2) is 7.48. The van der Waals surface area contributed by atoms with Gasteiger partial charge in [0.2, 0.25) is 0 Å². The molecule has 112 valence electrons. The molecule has 1 N–H and O–H groups in total. The molecule has 0 radical (unpaired) electrons. The number of nitrogens with one attached hydrogen (secondary N) is 1. The van der Waals surface area contributed by atoms with Crippen molar-refractivity contribution in [1.82, 2.24) is 4.90 Å². The van der Waals surface area contributed by atoms with Crippen LogP contribution in [0.3, 0.4) is 0 Å². The van der Waals surface area contributed by atoms with E-state index in [-0.39, 0.29) is 0 Å². The molecule has 21 heavy (non-hydrogen) atoms. The van der Waals surface area contributed by atoms with Crippen LogP contribution in [0.25, 0.3) is 0 Å². The number of hydrogen-bond donors (Lipinski definition) is 1. The molecular weight excluding hydrogens is 280 g/mol. The Morgan fingerprint density at radius 3 is 2.43 bits per heavy atom. The van der Waals surface area contributed by atoms with Crippen molar-refractivity contribution in [3.8, 4) is 0 Å². The van der Waals surface area contributed by atoms with Crippen molar-refractivity contribution in [2.45, 2.75) is 19.9 Å². The maximum absolute atomic E-state index is 5.94. The molecule has 0 aromatic heterocycles. The van der Waals surface area contributed by atoms with Gasteiger partial charge in [-0.2, -0.15) is 0 Å². The van der Waals surface area contributed by atoms with Crippen LogP contribution in [0.1, 0.15) is 24.1 Å². The van der Waals surface area contributed by atoms with Gasteiger partial charge in [0.25, 0.3) is 0 Å². The number of hydrogen-bond acceptors (Lipinski definition) is 2. The van der Waals surface area contributed by atoms with Gasteiger partial charge in [0.15, 0.2) is 0 Å². The van der Waals surface area contributed by atoms with Gasteiger partial charge in [-0.1, -0.05) is 41.9 Å². The minimum Gasteiger partial charge on any atom is -0.384 e. The Balaban J connectivity index is 1.85. The van der Waals surface area contributed by atoms with Crippen molar-refractivity contribution in [2.24, 2.45) is 0 Å². The van der Waals surface area contributed by atoms with Gasteiger partial charge in [-0.25, -0.2) is 0 Å². The molecule has 2 aromatic carbocycles. The van der Waals surface area contributed by atoms with Crippen molar-refractivity contribution in [3.05, 3.63) is 64.7 Å². The van der Waals surface area contributed by atoms with E-state index in [1.807, 2.05) is 12.1 Å². The van der Waals surface area contributed by atoms with Gasteiger partial charge in [0.1, 0.15) is 0 Å². The molecule has 0 heterocycles. The first-order valence-corrected chi connectivity index (χ1v) is 7.71. The summed E-state index contributed by atoms with van der Waals surface area (Å²) in [6, 6.07) is 16.8. The zero-order valence-electron chi connectivity index (χ0n) is 12.9. The minimum absolute atomic E-state index is 0.376. The lowest BCUT2D eigenvalue weighted by atomic mass is 10.1. The molecule has 0 saturated heterocycles. The van der Waals surface area contributed by atoms with Crippen molar-refractivity contribution in [1.29, 1.82) is 0 Å². The van der Waals surface area contributed by atoms with Crippen LogP contribution in [-0.2, 0) is 0 Å². The van der Waals surface area contributed by atoms with Crippen molar-refractivity contribution in [2.75, 3.05) is 25.5 Å². The number of rotatable bonds is 6. The second-order valence-corrected chi connectivity index (χ2v) is 5.89. The van der Waals surface area contributed by atoms with Gasteiger partial charge >= 0.3 is 0 Å². The van der Waals surface area contributed by atoms with Crippen molar-refractivity contribution < 1.29 is 0 Å². The largest absolute Gasteiger partial charge is 0.384 e. The third kappa shape index (κ3) is 4.48. The number of para-hydroxylation sites is 1. The summed E-state index contributed by atoms with van der Waals surface area (Å²) in [5.41, 5.74) is 3.79. The van der Waals surface area contributed by atoms with Gasteiger partial charge in [0.05, 0.1) is 0 Å². The fourth-order valence-corrected chi connectivity index (χ4v) is 2.45. The molecule has 0 aliphatic heterocycles. The van der Waals surface area contributed by atoms with Crippen LogP contribution in [0.15, 0.2) is 48.5 Å². The summed E-state index contributed by atoms with van der Waals surface area (Å²) >= 11 is 5.94. The number of benzene rings is 2. The van der Waals surface area contributed by atoms with Crippen LogP contribution in [0, 0.1) is 6.92 Å². The Morgan fingerprint density at radius 2 is 1.76 bits per heavy atom. The average Bonchev–Trinajstić information content (AvgIpc) is 2.49. The van der Waals surface area contributed by atoms with Crippen LogP contribution < -0.4 is 5.32 Å². The molecule has 0 bridgehead atoms. The zero-order chi connectivity index (χ0) is 15.2. The molecule has 2 nitrogen and oxygen atoms in total. The second-order valence-electron chi connectivity index (χ2n) is 5.45. The molecule has 2 aromatic rings. The fourth-order valence-electron chi connectivity index (χ4n) is 2.33. The normalized spacial score (nSPS) is 12.4. The number of likely N-dealkylation sites (N-methyl/N-ethyl adjacent to an activating group) is 1. The van der Waals surface area contributed by atoms with Gasteiger partial charge < -0.3 is 5.32 Å². The molecule has 0 aliphatic rings. The van der Waals surface area contributed by atoms with E-state index in [0.717, 1.165) is 18.1 Å². The molecule has 1 unspecified atom stereocenters. The average molecular weight is 303 g/mol. The SMILES string of the molecule is Cc1ccccc1NCCN(C)C(C)c1ccc(Cl)cc1. The summed E-state index contributed by atoms with van der Waals surface area (Å²) in [5, 5.41) is 4.28. The van der Waals surface area contributed by atoms with Crippen molar-refractivity contribution >= 4 is 17.3 Å². The lowest BCUT2D eigenvalue weighted by Gasteiger charge is -2.25. The zero-order valence-corrected chi connectivity index (χ0v) is 13.7. The minimum atomic E-state index is 0.376. The van der Waals surface area contributed by atoms with E-state index in [9.17, 15) is 0 Å². The molecule has 3 heteroatoms. The van der Waals surface area contributed by atoms with Crippen LogP contribution in [0.4, 0.5) is 5.69 Å². The summed E-state index contributed by atoms with van der Waals surface area (Å²) in [5.74, 6) is 0. The van der Waals surface area contributed by atoms with E-state index in [2.05, 4.69) is 67.5 Å². The lowest BCUT2D eigenvalue weighted by Crippen LogP contribution is -2.28. The smallest absolute Gasteiger partial charge is 0.0406 e. The van der Waals surface area contributed by atoms with Crippen LogP contribution in [0.2, 0.25) is 5.02 Å². The standard InChI is InChI=1S/C18H23ClN2/c1-14-6-4-5-7-18(14)20-12-13-21(3)15(2)16-8-10-17(19)11-9-16/h4-11,15,20H,12-13H2,1-3H3. The highest BCUT2D eigenvalue weighted by Gasteiger charge is 2.11. The highest BCUT2D eigenvalue weighted by atomic mass is 35.5. The quantitative estimate of drug-likeness (QED) is 0.828. The number of halogens is 1. The van der Waals surface area contributed by atoms with E-state index in [1.165, 1.54) is 16.8 Å². The number of nitrogens with zero attached hydrogens (tertiary/aromatic N) is 1. The highest BCUT2D eigenvalue weighted by Crippen LogP contribution is 2.20. The number of aryl methyl sites for hydroxylation is 1. The summed E-state index contributed by atoms with van der Waals surface area (Å²) < 4.78 is 0. The monoisotopic (exact) mass is 302 g/mol. The molecule has 0 fully saturated rings. The summed E-state index contributed by atoms with van der Waals surface area (Å²) in [7, 11) is 2.15. The predicted octanol–water partition coefficient (Wildman–Crippen LogP) is 4.75. The number of anilines is 1. The molecule has 1 atom stereocenters. The van der Waals surface area contributed by atoms with E-state index < -0.39 is 0 Å². The maximum Gasteiger partial charge on any atom is 0.0406 e. The first-order chi connectivity index (χ1) is 10.1. The van der Waals surface area contributed by atoms with Gasteiger partial charge in [-0.3, -0.25) is 4.90 Å². The molecule has 0 aliphatic carbocycles. The van der Waals surface area contributed by atoms with E-state index >= 15 is 0 Å². The van der Waals surface area contributed by atoms with Crippen molar-refractivity contribution in [3.63, 3.8) is 0 Å². The molecule has 0 spiro atoms. The van der Waals surface area contributed by atoms with E-state index in [1.54, 1.807) is 0 Å². The Bertz CT molecular complexity index is 566. The summed E-state index contributed by atoms with van der Waals surface area (Å²) in [4.78, 5) is 2.34. The van der Waals surface area contributed by atoms with Gasteiger partial charge in [0, 0.05) is 29.8 Å². The lowest BCUT2D eigenvalue weighted by molar-refractivity contribution is 0.271. The van der Waals surface area contributed by atoms with E-state index in [0.29, 0.717) is 6.04 Å². The Morgan fingerprint density at radius 1 is 1.10 bits per heavy atom. The van der Waals surface area contributed by atoms with Crippen LogP contribution in [-0.4, -0.2) is 25.0 Å². The van der Waals surface area contributed by atoms with Crippen LogP contribution >= 0.6 is 11.6 Å². The molecular formula is C18H23ClN2. The molecule has 2 rings (SSSR count). The first kappa shape index (κ1) is 15.9. The topological polar surface area (TPSA) is 15.3 Å². The third-order valence-corrected chi connectivity index (χ3v) is 4.19. The summed E-state index contributed by atoms with van der Waals surface area (Å²) in [6.45, 7) is 6.26. The van der Waals surface area contributed by atoms with Gasteiger partial charge in [-0.15, -0.1) is 0 Å². The summed E-state index contributed by atoms with van der Waals surface area (Å²) in [6.07, 6.45) is 0. The van der Waals surface area contributed by atoms with Gasteiger partial charge in [-0.05, 0) is 50.2 Å². The highest BCUT2D eigenvalue weighted by molar-refractivity contribution is 6.30. The van der Waals surface area contributed by atoms with E-state index in [4.69, 9.17) is 11.6 Å². The first-order valence-electron chi connectivity index (χ1n) is 7.33. The Kier molecular flexibility index (Phi) is 5.66. The molecule has 0 saturated carbocycles. The Hall–Kier alpha value is -1.51. The molecule has 0 amide bonds. The predicted molar refractivity (Wildman–Crippen MR) is 92.2 cm³/mol. The Labute approximate surface area is 132 Å². The fraction of sp³-hybridized carbons (Fsp3) is 0.333. The third-order valence-electron chi connectivity index (χ3n) is 3.94. The van der Waals surface area contributed by atoms with Crippen LogP contribution in [0.5, 0.6) is 0 Å². The maximum atomic E-state index is 5.94.